The summed E-state index contributed by atoms with van der Waals surface area (Å²) in [6.45, 7) is 11.9. The van der Waals surface area contributed by atoms with E-state index in [0.717, 1.165) is 11.3 Å². The molecule has 4 nitrogen and oxygen atoms in total. The Kier molecular flexibility index (Phi) is 9.50. The van der Waals surface area contributed by atoms with Gasteiger partial charge in [-0.3, -0.25) is 9.59 Å². The molecule has 0 saturated carbocycles. The summed E-state index contributed by atoms with van der Waals surface area (Å²) in [7, 11) is 0. The Morgan fingerprint density at radius 2 is 1.62 bits per heavy atom. The molecule has 0 heterocycles. The SMILES string of the molecule is Cc1cc(C)cc(CSCC(=O)N(Cc2ccc(Cl)c(Cl)c2)C(C)C(=O)NC(C)(C)C)c1. The number of aryl methyl sites for hydroxylation is 2. The Labute approximate surface area is 206 Å². The second-order valence-electron chi connectivity index (χ2n) is 9.17. The Morgan fingerprint density at radius 1 is 1.00 bits per heavy atom. The van der Waals surface area contributed by atoms with Gasteiger partial charge in [0.25, 0.3) is 0 Å². The molecule has 0 bridgehead atoms. The lowest BCUT2D eigenvalue weighted by Gasteiger charge is -2.31. The second-order valence-corrected chi connectivity index (χ2v) is 11.0. The second kappa shape index (κ2) is 11.4. The number of benzene rings is 2. The minimum Gasteiger partial charge on any atom is -0.350 e. The van der Waals surface area contributed by atoms with E-state index in [1.807, 2.05) is 26.8 Å². The summed E-state index contributed by atoms with van der Waals surface area (Å²) in [6, 6.07) is 11.0. The summed E-state index contributed by atoms with van der Waals surface area (Å²) in [6.07, 6.45) is 0. The predicted molar refractivity (Wildman–Crippen MR) is 136 cm³/mol. The van der Waals surface area contributed by atoms with Crippen molar-refractivity contribution in [2.24, 2.45) is 0 Å². The molecule has 7 heteroatoms. The van der Waals surface area contributed by atoms with Crippen LogP contribution in [0.1, 0.15) is 49.9 Å². The number of carbonyl (C=O) groups is 2. The molecule has 1 unspecified atom stereocenters. The molecule has 2 rings (SSSR count). The van der Waals surface area contributed by atoms with Crippen LogP contribution in [0.15, 0.2) is 36.4 Å². The van der Waals surface area contributed by atoms with Gasteiger partial charge >= 0.3 is 0 Å². The van der Waals surface area contributed by atoms with Crippen molar-refractivity contribution in [2.45, 2.75) is 65.4 Å². The quantitative estimate of drug-likeness (QED) is 0.476. The van der Waals surface area contributed by atoms with Gasteiger partial charge in [-0.25, -0.2) is 0 Å². The summed E-state index contributed by atoms with van der Waals surface area (Å²) in [5.74, 6) is 0.728. The minimum absolute atomic E-state index is 0.0954. The van der Waals surface area contributed by atoms with Gasteiger partial charge in [0.15, 0.2) is 0 Å². The summed E-state index contributed by atoms with van der Waals surface area (Å²) in [4.78, 5) is 27.6. The molecule has 2 aromatic rings. The highest BCUT2D eigenvalue weighted by molar-refractivity contribution is 7.99. The monoisotopic (exact) mass is 494 g/mol. The third-order valence-electron chi connectivity index (χ3n) is 4.78. The lowest BCUT2D eigenvalue weighted by Crippen LogP contribution is -2.52. The van der Waals surface area contributed by atoms with Gasteiger partial charge in [0.1, 0.15) is 6.04 Å². The highest BCUT2D eigenvalue weighted by Gasteiger charge is 2.28. The molecular formula is C25H32Cl2N2O2S. The topological polar surface area (TPSA) is 49.4 Å². The van der Waals surface area contributed by atoms with Crippen LogP contribution >= 0.6 is 35.0 Å². The summed E-state index contributed by atoms with van der Waals surface area (Å²) in [5, 5.41) is 3.85. The van der Waals surface area contributed by atoms with E-state index < -0.39 is 6.04 Å². The van der Waals surface area contributed by atoms with E-state index in [1.165, 1.54) is 16.7 Å². The van der Waals surface area contributed by atoms with E-state index in [4.69, 9.17) is 23.2 Å². The van der Waals surface area contributed by atoms with E-state index >= 15 is 0 Å². The third-order valence-corrected chi connectivity index (χ3v) is 6.51. The van der Waals surface area contributed by atoms with Crippen LogP contribution in [0, 0.1) is 13.8 Å². The molecule has 1 N–H and O–H groups in total. The van der Waals surface area contributed by atoms with Crippen LogP contribution in [0.3, 0.4) is 0 Å². The normalized spacial score (nSPS) is 12.4. The van der Waals surface area contributed by atoms with Gasteiger partial charge in [-0.2, -0.15) is 0 Å². The molecule has 0 aromatic heterocycles. The van der Waals surface area contributed by atoms with E-state index in [2.05, 4.69) is 37.4 Å². The molecule has 0 radical (unpaired) electrons. The number of thioether (sulfide) groups is 1. The molecular weight excluding hydrogens is 463 g/mol. The largest absolute Gasteiger partial charge is 0.350 e. The van der Waals surface area contributed by atoms with Crippen molar-refractivity contribution in [3.05, 3.63) is 68.7 Å². The van der Waals surface area contributed by atoms with Crippen LogP contribution < -0.4 is 5.32 Å². The lowest BCUT2D eigenvalue weighted by molar-refractivity contribution is -0.139. The first kappa shape index (κ1) is 26.6. The molecule has 0 aliphatic carbocycles. The fourth-order valence-corrected chi connectivity index (χ4v) is 4.55. The number of carbonyl (C=O) groups excluding carboxylic acids is 2. The molecule has 0 aliphatic heterocycles. The van der Waals surface area contributed by atoms with Crippen LogP contribution in [0.4, 0.5) is 0 Å². The van der Waals surface area contributed by atoms with Gasteiger partial charge in [-0.1, -0.05) is 58.6 Å². The highest BCUT2D eigenvalue weighted by atomic mass is 35.5. The number of nitrogens with zero attached hydrogens (tertiary/aromatic N) is 1. The van der Waals surface area contributed by atoms with Gasteiger partial charge in [-0.05, 0) is 64.8 Å². The van der Waals surface area contributed by atoms with Crippen LogP contribution in [0.2, 0.25) is 10.0 Å². The van der Waals surface area contributed by atoms with Crippen molar-refractivity contribution in [3.63, 3.8) is 0 Å². The molecule has 174 valence electrons. The van der Waals surface area contributed by atoms with E-state index in [9.17, 15) is 9.59 Å². The highest BCUT2D eigenvalue weighted by Crippen LogP contribution is 2.24. The number of amides is 2. The van der Waals surface area contributed by atoms with E-state index in [0.29, 0.717) is 10.0 Å². The number of rotatable bonds is 8. The minimum atomic E-state index is -0.627. The Morgan fingerprint density at radius 3 is 2.19 bits per heavy atom. The van der Waals surface area contributed by atoms with Crippen molar-refractivity contribution in [1.29, 1.82) is 0 Å². The lowest BCUT2D eigenvalue weighted by atomic mass is 10.1. The van der Waals surface area contributed by atoms with Gasteiger partial charge < -0.3 is 10.2 Å². The van der Waals surface area contributed by atoms with Gasteiger partial charge in [0.2, 0.25) is 11.8 Å². The Hall–Kier alpha value is -1.69. The first-order valence-corrected chi connectivity index (χ1v) is 12.5. The van der Waals surface area contributed by atoms with E-state index in [1.54, 1.807) is 35.7 Å². The Bertz CT molecular complexity index is 953. The molecule has 1 atom stereocenters. The molecule has 0 saturated heterocycles. The third kappa shape index (κ3) is 8.34. The number of halogens is 2. The standard InChI is InChI=1S/C25H32Cl2N2O2S/c1-16-9-17(2)11-20(10-16)14-32-15-23(30)29(18(3)24(31)28-25(4,5)6)13-19-7-8-21(26)22(27)12-19/h7-12,18H,13-15H2,1-6H3,(H,28,31). The van der Waals surface area contributed by atoms with Gasteiger partial charge in [-0.15, -0.1) is 11.8 Å². The average molecular weight is 496 g/mol. The zero-order valence-electron chi connectivity index (χ0n) is 19.6. The number of hydrogen-bond donors (Lipinski definition) is 1. The van der Waals surface area contributed by atoms with Crippen molar-refractivity contribution >= 4 is 46.8 Å². The van der Waals surface area contributed by atoms with Crippen molar-refractivity contribution in [2.75, 3.05) is 5.75 Å². The maximum absolute atomic E-state index is 13.2. The van der Waals surface area contributed by atoms with Crippen molar-refractivity contribution in [3.8, 4) is 0 Å². The summed E-state index contributed by atoms with van der Waals surface area (Å²) in [5.41, 5.74) is 4.04. The number of nitrogens with one attached hydrogen (secondary N) is 1. The smallest absolute Gasteiger partial charge is 0.242 e. The van der Waals surface area contributed by atoms with E-state index in [-0.39, 0.29) is 29.7 Å². The molecule has 0 aliphatic rings. The summed E-state index contributed by atoms with van der Waals surface area (Å²) >= 11 is 13.7. The average Bonchev–Trinajstić information content (AvgIpc) is 2.66. The fourth-order valence-electron chi connectivity index (χ4n) is 3.38. The van der Waals surface area contributed by atoms with Gasteiger partial charge in [0, 0.05) is 17.8 Å². The first-order valence-electron chi connectivity index (χ1n) is 10.6. The van der Waals surface area contributed by atoms with Crippen LogP contribution in [0.25, 0.3) is 0 Å². The van der Waals surface area contributed by atoms with Crippen molar-refractivity contribution < 1.29 is 9.59 Å². The first-order chi connectivity index (χ1) is 14.9. The molecule has 2 amide bonds. The molecule has 2 aromatic carbocycles. The van der Waals surface area contributed by atoms with Crippen LogP contribution in [-0.4, -0.2) is 34.0 Å². The Balaban J connectivity index is 2.14. The molecule has 32 heavy (non-hydrogen) atoms. The molecule has 0 spiro atoms. The maximum Gasteiger partial charge on any atom is 0.242 e. The maximum atomic E-state index is 13.2. The van der Waals surface area contributed by atoms with Crippen LogP contribution in [-0.2, 0) is 21.9 Å². The zero-order chi connectivity index (χ0) is 24.1. The van der Waals surface area contributed by atoms with Gasteiger partial charge in [0.05, 0.1) is 15.8 Å². The van der Waals surface area contributed by atoms with Crippen molar-refractivity contribution in [1.82, 2.24) is 10.2 Å². The fraction of sp³-hybridized carbons (Fsp3) is 0.440. The van der Waals surface area contributed by atoms with Crippen LogP contribution in [0.5, 0.6) is 0 Å². The zero-order valence-corrected chi connectivity index (χ0v) is 21.9. The predicted octanol–water partition coefficient (Wildman–Crippen LogP) is 6.18. The summed E-state index contributed by atoms with van der Waals surface area (Å²) < 4.78 is 0. The number of hydrogen-bond acceptors (Lipinski definition) is 3. The molecule has 0 fully saturated rings.